The molecule has 4 amide bonds. The van der Waals surface area contributed by atoms with E-state index in [1.807, 2.05) is 76.9 Å². The van der Waals surface area contributed by atoms with Crippen LogP contribution in [0.25, 0.3) is 0 Å². The van der Waals surface area contributed by atoms with Crippen LogP contribution in [0.3, 0.4) is 0 Å². The van der Waals surface area contributed by atoms with Crippen LogP contribution in [0, 0.1) is 12.7 Å². The highest BCUT2D eigenvalue weighted by atomic mass is 32.2. The number of aryl methyl sites for hydroxylation is 1. The molecule has 133 heavy (non-hydrogen) atoms. The van der Waals surface area contributed by atoms with E-state index in [-0.39, 0.29) is 94.3 Å². The highest BCUT2D eigenvalue weighted by Gasteiger charge is 2.54. The molecule has 8 aromatic rings. The first kappa shape index (κ1) is 98.9. The van der Waals surface area contributed by atoms with Gasteiger partial charge in [-0.2, -0.15) is 26.3 Å². The number of ether oxygens (including phenoxy) is 2. The number of ketones is 3. The molecule has 720 valence electrons. The number of methoxy groups -OCH3 is 1. The number of aromatic nitrogens is 4. The average Bonchev–Trinajstić information content (AvgIpc) is 1.55. The summed E-state index contributed by atoms with van der Waals surface area (Å²) in [4.78, 5) is 106. The van der Waals surface area contributed by atoms with Crippen LogP contribution < -0.4 is 4.74 Å². The van der Waals surface area contributed by atoms with Gasteiger partial charge in [0.05, 0.1) is 73.3 Å². The van der Waals surface area contributed by atoms with Crippen molar-refractivity contribution in [1.82, 2.24) is 57.5 Å². The van der Waals surface area contributed by atoms with E-state index in [1.165, 1.54) is 77.2 Å². The fourth-order valence-electron chi connectivity index (χ4n) is 21.4. The third kappa shape index (κ3) is 19.5. The smallest absolute Gasteiger partial charge is 0.456 e. The molecule has 2 N–H and O–H groups in total. The molecule has 5 fully saturated rings. The molecule has 25 nitrogen and oxygen atoms in total. The molecule has 8 aliphatic heterocycles. The fraction of sp³-hybridized carbons (Fsp3) is 0.530. The minimum Gasteiger partial charge on any atom is -0.491 e. The molecule has 1 aliphatic carbocycles. The Hall–Kier alpha value is -10.1. The van der Waals surface area contributed by atoms with Crippen LogP contribution in [0.1, 0.15) is 252 Å². The van der Waals surface area contributed by atoms with Crippen LogP contribution in [-0.4, -0.2) is 254 Å². The van der Waals surface area contributed by atoms with E-state index in [0.717, 1.165) is 85.8 Å². The van der Waals surface area contributed by atoms with Gasteiger partial charge in [0.25, 0.3) is 29.4 Å². The third-order valence-electron chi connectivity index (χ3n) is 29.3. The van der Waals surface area contributed by atoms with E-state index in [1.54, 1.807) is 85.0 Å². The van der Waals surface area contributed by atoms with Crippen molar-refractivity contribution in [3.8, 4) is 5.75 Å². The van der Waals surface area contributed by atoms with Gasteiger partial charge in [-0.05, 0) is 267 Å². The molecule has 1 saturated carbocycles. The summed E-state index contributed by atoms with van der Waals surface area (Å²) in [6.07, 6.45) is -2.06. The van der Waals surface area contributed by atoms with Crippen molar-refractivity contribution in [2.24, 2.45) is 0 Å². The summed E-state index contributed by atoms with van der Waals surface area (Å²) in [5.41, 5.74) is 4.33. The minimum atomic E-state index is -4.95. The zero-order valence-corrected chi connectivity index (χ0v) is 79.4. The number of alkyl halides is 6. The molecule has 17 rings (SSSR count). The van der Waals surface area contributed by atoms with Crippen molar-refractivity contribution in [2.45, 2.75) is 234 Å². The number of likely N-dealkylation sites (tertiary alicyclic amines) is 4. The van der Waals surface area contributed by atoms with Crippen LogP contribution in [0.4, 0.5) is 30.7 Å². The predicted molar refractivity (Wildman–Crippen MR) is 490 cm³/mol. The lowest BCUT2D eigenvalue weighted by molar-refractivity contribution is -0.145. The van der Waals surface area contributed by atoms with Crippen LogP contribution >= 0.6 is 0 Å². The maximum absolute atomic E-state index is 14.5. The summed E-state index contributed by atoms with van der Waals surface area (Å²) < 4.78 is 138. The Morgan fingerprint density at radius 2 is 0.940 bits per heavy atom. The number of hydrogen-bond acceptors (Lipinski definition) is 17. The van der Waals surface area contributed by atoms with Crippen LogP contribution in [0.15, 0.2) is 138 Å². The third-order valence-corrected chi connectivity index (χ3v) is 31.6. The lowest BCUT2D eigenvalue weighted by atomic mass is 9.80. The molecule has 4 aromatic carbocycles. The molecule has 4 aromatic heterocycles. The zero-order valence-electron chi connectivity index (χ0n) is 78.5. The van der Waals surface area contributed by atoms with Crippen LogP contribution in [-0.2, 0) is 80.3 Å². The lowest BCUT2D eigenvalue weighted by Gasteiger charge is -2.53. The van der Waals surface area contributed by atoms with Gasteiger partial charge in [-0.3, -0.25) is 53.2 Å². The summed E-state index contributed by atoms with van der Waals surface area (Å²) in [5, 5.41) is 19.9. The van der Waals surface area contributed by atoms with Gasteiger partial charge in [0.2, 0.25) is 0 Å². The Bertz CT molecular complexity index is 5770. The van der Waals surface area contributed by atoms with E-state index in [9.17, 15) is 82.9 Å². The normalized spacial score (nSPS) is 19.7. The number of amides is 4. The molecule has 4 saturated heterocycles. The van der Waals surface area contributed by atoms with Gasteiger partial charge in [-0.15, -0.1) is 0 Å². The van der Waals surface area contributed by atoms with Crippen molar-refractivity contribution in [1.29, 1.82) is 0 Å². The van der Waals surface area contributed by atoms with Crippen molar-refractivity contribution >= 4 is 50.8 Å². The number of rotatable bonds is 17. The van der Waals surface area contributed by atoms with Crippen LogP contribution in [0.5, 0.6) is 5.75 Å². The van der Waals surface area contributed by atoms with Gasteiger partial charge in [-0.25, -0.2) is 12.8 Å². The molecule has 0 unspecified atom stereocenters. The highest BCUT2D eigenvalue weighted by molar-refractivity contribution is 7.92. The number of piperidine rings is 4. The Morgan fingerprint density at radius 1 is 0.511 bits per heavy atom. The Labute approximate surface area is 775 Å². The molecule has 1 atom stereocenters. The Morgan fingerprint density at radius 3 is 1.39 bits per heavy atom. The zero-order chi connectivity index (χ0) is 96.4. The molecular formula is C100H127F7N12O13S. The second kappa shape index (κ2) is 38.2. The van der Waals surface area contributed by atoms with Gasteiger partial charge in [-0.1, -0.05) is 25.1 Å². The SMILES string of the molecule is CC(=O)c1ccc2n1CCN(C)C21CCN(C(=O)c2ccc(C(C)(C)O)c(F)c2)CC1.CCC(=O)c1ccc2n1CCN(C)C21CCN(C(=O)c2ccc(OC(C)C)c(C)c2)CC1.COCCN1CCn2c(C(F)(F)F)ccc2C12CCN(C(=O)c1ccc(C(C)(C)O)cc1)CC2.C[C@H]1Cn2c(C(=O)C(F)(F)F)ccc2C2(CCN(C(=O)c3ccc(S(=O)(=O)C4CC4)cc3)CC2)N1C.[HH]. The standard InChI is InChI=1S/C26H35N3O3.C25H28F3N3O4S.C25H32F3N3O3.C24H30FN3O3.H2/c1-6-22(30)21-8-10-24-26(27(5)15-16-29(21)24)11-13-28(14-12-26)25(31)20-7-9-23(19(4)17-20)32-18(2)3;1-16-15-31-20(22(32)25(26,27)28)9-10-21(31)24(29(16)2)11-13-30(14-12-24)23(33)17-3-5-18(6-4-17)36(34,35)19-7-8-19;1-23(2,33)19-6-4-18(5-7-19)22(32)29-12-10-24(11-13-29)20-8-9-21(25(26,27)28)31(20)15-14-30(24)16-17-34-3;1-16(29)20-7-8-21-24(26(4)13-14-28(20)21)9-11-27(12-10-24)22(30)17-5-6-18(19(25)15-17)23(2,3)31;/h7-10,17-18H,6,11-16H2,1-5H3;3-6,9-10,16,19H,7-8,11-15H2,1-2H3;4-9,33H,10-17H2,1-3H3;5-8,15,31H,9-14H2,1-4H3;1H/t;16-;;;/m.0.../s1. The average molecular weight is 1870 g/mol. The molecule has 9 aliphatic rings. The van der Waals surface area contributed by atoms with Crippen LogP contribution in [0.2, 0.25) is 0 Å². The number of aliphatic hydroxyl groups is 2. The van der Waals surface area contributed by atoms with Gasteiger partial charge < -0.3 is 57.6 Å². The number of carbonyl (C=O) groups excluding carboxylic acids is 7. The van der Waals surface area contributed by atoms with E-state index < -0.39 is 61.8 Å². The van der Waals surface area contributed by atoms with Gasteiger partial charge in [0.15, 0.2) is 21.4 Å². The second-order valence-corrected chi connectivity index (χ2v) is 40.8. The maximum Gasteiger partial charge on any atom is 0.456 e. The van der Waals surface area contributed by atoms with E-state index in [2.05, 4.69) is 55.0 Å². The number of halogens is 7. The fourth-order valence-corrected chi connectivity index (χ4v) is 23.0. The largest absolute Gasteiger partial charge is 0.491 e. The molecule has 12 heterocycles. The Kier molecular flexibility index (Phi) is 28.4. The molecule has 4 spiro atoms. The van der Waals surface area contributed by atoms with Crippen molar-refractivity contribution in [3.63, 3.8) is 0 Å². The highest BCUT2D eigenvalue weighted by Crippen LogP contribution is 2.49. The number of carbonyl (C=O) groups is 7. The van der Waals surface area contributed by atoms with Crippen molar-refractivity contribution in [2.75, 3.05) is 113 Å². The van der Waals surface area contributed by atoms with E-state index >= 15 is 0 Å². The number of likely N-dealkylation sites (N-methyl/N-ethyl adjacent to an activating group) is 3. The molecule has 0 radical (unpaired) electrons. The number of fused-ring (bicyclic) bond motifs is 8. The van der Waals surface area contributed by atoms with Gasteiger partial charge in [0.1, 0.15) is 17.3 Å². The predicted octanol–water partition coefficient (Wildman–Crippen LogP) is 15.1. The van der Waals surface area contributed by atoms with E-state index in [0.29, 0.717) is 151 Å². The number of sulfone groups is 1. The number of benzene rings is 4. The Balaban J connectivity index is 0.000000151. The summed E-state index contributed by atoms with van der Waals surface area (Å²) in [7, 11) is 4.49. The maximum atomic E-state index is 14.5. The monoisotopic (exact) mass is 1870 g/mol. The summed E-state index contributed by atoms with van der Waals surface area (Å²) in [5.74, 6) is -1.77. The first-order valence-corrected chi connectivity index (χ1v) is 47.7. The number of hydrogen-bond donors (Lipinski definition) is 2. The summed E-state index contributed by atoms with van der Waals surface area (Å²) in [6.45, 7) is 27.5. The second-order valence-electron chi connectivity index (χ2n) is 38.5. The molecular weight excluding hydrogens is 1740 g/mol. The first-order chi connectivity index (χ1) is 62.6. The topological polar surface area (TPSA) is 258 Å². The minimum absolute atomic E-state index is 0. The van der Waals surface area contributed by atoms with Crippen molar-refractivity contribution in [3.05, 3.63) is 224 Å². The quantitative estimate of drug-likeness (QED) is 0.0634. The van der Waals surface area contributed by atoms with Crippen molar-refractivity contribution < 1.29 is 93.8 Å². The lowest BCUT2D eigenvalue weighted by Crippen LogP contribution is -2.59. The number of nitrogens with zero attached hydrogens (tertiary/aromatic N) is 12. The first-order valence-electron chi connectivity index (χ1n) is 46.2. The number of Topliss-reactive ketones (excluding diaryl/α,β-unsaturated/α-hetero) is 3. The summed E-state index contributed by atoms with van der Waals surface area (Å²) in [6, 6.07) is 36.6. The summed E-state index contributed by atoms with van der Waals surface area (Å²) >= 11 is 0. The van der Waals surface area contributed by atoms with Gasteiger partial charge in [0, 0.05) is 183 Å². The molecule has 0 bridgehead atoms. The van der Waals surface area contributed by atoms with E-state index in [4.69, 9.17) is 9.47 Å². The van der Waals surface area contributed by atoms with Gasteiger partial charge >= 0.3 is 12.4 Å². The molecule has 33 heteroatoms.